The van der Waals surface area contributed by atoms with E-state index in [-0.39, 0.29) is 12.4 Å². The van der Waals surface area contributed by atoms with Gasteiger partial charge >= 0.3 is 0 Å². The van der Waals surface area contributed by atoms with Crippen molar-refractivity contribution in [3.05, 3.63) is 0 Å². The number of rotatable bonds is 0. The molecule has 3 unspecified atom stereocenters. The first-order chi connectivity index (χ1) is 4.16. The summed E-state index contributed by atoms with van der Waals surface area (Å²) in [6.07, 6.45) is -0.578. The van der Waals surface area contributed by atoms with E-state index in [4.69, 9.17) is 9.90 Å². The van der Waals surface area contributed by atoms with Crippen LogP contribution >= 0.6 is 0 Å². The standard InChI is InChI=1S/C4H4F2.CH2O2/c5-3-2-1-4(2,3)6;2-1-3/h2-3H,1H2;1H,(H,2,3). The van der Waals surface area contributed by atoms with Crippen molar-refractivity contribution in [2.45, 2.75) is 18.3 Å². The molecule has 9 heavy (non-hydrogen) atoms. The van der Waals surface area contributed by atoms with Gasteiger partial charge in [0.05, 0.1) is 0 Å². The van der Waals surface area contributed by atoms with Gasteiger partial charge < -0.3 is 5.11 Å². The molecule has 2 aliphatic rings. The summed E-state index contributed by atoms with van der Waals surface area (Å²) < 4.78 is 23.5. The third-order valence-corrected chi connectivity index (χ3v) is 1.69. The zero-order valence-corrected chi connectivity index (χ0v) is 4.55. The quantitative estimate of drug-likeness (QED) is 0.499. The minimum atomic E-state index is -1.29. The van der Waals surface area contributed by atoms with Gasteiger partial charge in [0.1, 0.15) is 11.8 Å². The summed E-state index contributed by atoms with van der Waals surface area (Å²) >= 11 is 0. The van der Waals surface area contributed by atoms with Crippen LogP contribution in [-0.2, 0) is 4.79 Å². The van der Waals surface area contributed by atoms with Gasteiger partial charge in [0, 0.05) is 5.92 Å². The van der Waals surface area contributed by atoms with Crippen LogP contribution in [0.1, 0.15) is 6.42 Å². The van der Waals surface area contributed by atoms with Gasteiger partial charge in [-0.05, 0) is 6.42 Å². The number of hydrogen-bond donors (Lipinski definition) is 1. The van der Waals surface area contributed by atoms with Gasteiger partial charge in [-0.1, -0.05) is 0 Å². The maximum absolute atomic E-state index is 11.9. The molecule has 0 heterocycles. The Kier molecular flexibility index (Phi) is 1.18. The maximum atomic E-state index is 11.9. The SMILES string of the molecule is FC1C2CC12F.O=CO. The van der Waals surface area contributed by atoms with Crippen LogP contribution in [0.5, 0.6) is 0 Å². The predicted octanol–water partition coefficient (Wildman–Crippen LogP) is 0.767. The number of fused-ring (bicyclic) bond motifs is 1. The number of carbonyl (C=O) groups is 1. The Morgan fingerprint density at radius 1 is 1.78 bits per heavy atom. The van der Waals surface area contributed by atoms with E-state index in [0.717, 1.165) is 0 Å². The molecule has 2 nitrogen and oxygen atoms in total. The average Bonchev–Trinajstić information content (AvgIpc) is 2.58. The lowest BCUT2D eigenvalue weighted by atomic mass is 10.4. The maximum Gasteiger partial charge on any atom is 0.290 e. The topological polar surface area (TPSA) is 37.3 Å². The molecule has 1 N–H and O–H groups in total. The summed E-state index contributed by atoms with van der Waals surface area (Å²) in [4.78, 5) is 8.36. The highest BCUT2D eigenvalue weighted by atomic mass is 19.2. The van der Waals surface area contributed by atoms with Crippen LogP contribution < -0.4 is 0 Å². The Hall–Kier alpha value is -0.670. The molecule has 0 radical (unpaired) electrons. The lowest BCUT2D eigenvalue weighted by molar-refractivity contribution is -0.122. The number of carboxylic acid groups (broad SMARTS) is 1. The molecule has 0 aromatic rings. The van der Waals surface area contributed by atoms with Crippen molar-refractivity contribution < 1.29 is 18.7 Å². The Labute approximate surface area is 50.5 Å². The van der Waals surface area contributed by atoms with Gasteiger partial charge in [0.15, 0.2) is 0 Å². The number of hydrogen-bond acceptors (Lipinski definition) is 1. The summed E-state index contributed by atoms with van der Waals surface area (Å²) in [6.45, 7) is -0.250. The van der Waals surface area contributed by atoms with Crippen LogP contribution in [0.2, 0.25) is 0 Å². The molecule has 4 heteroatoms. The first-order valence-electron chi connectivity index (χ1n) is 2.57. The number of alkyl halides is 2. The van der Waals surface area contributed by atoms with Crippen molar-refractivity contribution in [3.63, 3.8) is 0 Å². The van der Waals surface area contributed by atoms with Crippen LogP contribution in [0.25, 0.3) is 0 Å². The van der Waals surface area contributed by atoms with Gasteiger partial charge in [-0.15, -0.1) is 0 Å². The Bertz CT molecular complexity index is 133. The van der Waals surface area contributed by atoms with Gasteiger partial charge in [0.2, 0.25) is 0 Å². The monoisotopic (exact) mass is 136 g/mol. The fourth-order valence-corrected chi connectivity index (χ4v) is 0.769. The van der Waals surface area contributed by atoms with Gasteiger partial charge in [-0.2, -0.15) is 0 Å². The fourth-order valence-electron chi connectivity index (χ4n) is 0.769. The van der Waals surface area contributed by atoms with E-state index >= 15 is 0 Å². The molecular formula is C5H6F2O2. The van der Waals surface area contributed by atoms with Crippen LogP contribution in [-0.4, -0.2) is 23.4 Å². The molecule has 3 atom stereocenters. The van der Waals surface area contributed by atoms with Gasteiger partial charge in [0.25, 0.3) is 6.47 Å². The van der Waals surface area contributed by atoms with E-state index < -0.39 is 11.8 Å². The molecule has 2 saturated carbocycles. The second-order valence-corrected chi connectivity index (χ2v) is 2.24. The molecule has 2 rings (SSSR count). The summed E-state index contributed by atoms with van der Waals surface area (Å²) in [7, 11) is 0. The average molecular weight is 136 g/mol. The van der Waals surface area contributed by atoms with Crippen LogP contribution in [0, 0.1) is 5.92 Å². The molecule has 0 spiro atoms. The van der Waals surface area contributed by atoms with Gasteiger partial charge in [-0.25, -0.2) is 8.78 Å². The fraction of sp³-hybridized carbons (Fsp3) is 0.800. The third-order valence-electron chi connectivity index (χ3n) is 1.69. The normalized spacial score (nSPS) is 50.0. The summed E-state index contributed by atoms with van der Waals surface area (Å²) in [5.74, 6) is -0.169. The molecule has 0 saturated heterocycles. The molecule has 0 aromatic heterocycles. The highest BCUT2D eigenvalue weighted by Gasteiger charge is 2.82. The first kappa shape index (κ1) is 6.45. The zero-order chi connectivity index (χ0) is 7.07. The molecular weight excluding hydrogens is 130 g/mol. The van der Waals surface area contributed by atoms with Gasteiger partial charge in [-0.3, -0.25) is 4.79 Å². The summed E-state index contributed by atoms with van der Waals surface area (Å²) in [5.41, 5.74) is -1.29. The molecule has 52 valence electrons. The molecule has 0 aromatic carbocycles. The van der Waals surface area contributed by atoms with Crippen molar-refractivity contribution in [2.75, 3.05) is 0 Å². The Balaban J connectivity index is 0.000000120. The Morgan fingerprint density at radius 3 is 2.00 bits per heavy atom. The minimum Gasteiger partial charge on any atom is -0.483 e. The van der Waals surface area contributed by atoms with E-state index in [1.165, 1.54) is 0 Å². The zero-order valence-electron chi connectivity index (χ0n) is 4.55. The van der Waals surface area contributed by atoms with E-state index in [9.17, 15) is 8.78 Å². The molecule has 2 aliphatic carbocycles. The van der Waals surface area contributed by atoms with E-state index in [2.05, 4.69) is 0 Å². The van der Waals surface area contributed by atoms with Crippen molar-refractivity contribution in [2.24, 2.45) is 5.92 Å². The predicted molar refractivity (Wildman–Crippen MR) is 25.5 cm³/mol. The van der Waals surface area contributed by atoms with E-state index in [0.29, 0.717) is 6.42 Å². The third kappa shape index (κ3) is 0.781. The van der Waals surface area contributed by atoms with E-state index in [1.54, 1.807) is 0 Å². The van der Waals surface area contributed by atoms with Crippen molar-refractivity contribution >= 4 is 6.47 Å². The smallest absolute Gasteiger partial charge is 0.290 e. The molecule has 0 aliphatic heterocycles. The first-order valence-corrected chi connectivity index (χ1v) is 2.57. The molecule has 0 bridgehead atoms. The van der Waals surface area contributed by atoms with Crippen LogP contribution in [0.3, 0.4) is 0 Å². The van der Waals surface area contributed by atoms with Crippen molar-refractivity contribution in [1.29, 1.82) is 0 Å². The highest BCUT2D eigenvalue weighted by Crippen LogP contribution is 2.71. The molecule has 0 amide bonds. The van der Waals surface area contributed by atoms with Crippen LogP contribution in [0.15, 0.2) is 0 Å². The highest BCUT2D eigenvalue weighted by molar-refractivity contribution is 5.32. The Morgan fingerprint density at radius 2 is 2.00 bits per heavy atom. The summed E-state index contributed by atoms with van der Waals surface area (Å²) in [5, 5.41) is 6.89. The minimum absolute atomic E-state index is 0.169. The molecule has 2 fully saturated rings. The summed E-state index contributed by atoms with van der Waals surface area (Å²) in [6, 6.07) is 0. The van der Waals surface area contributed by atoms with Crippen molar-refractivity contribution in [3.8, 4) is 0 Å². The largest absolute Gasteiger partial charge is 0.483 e. The van der Waals surface area contributed by atoms with Crippen LogP contribution in [0.4, 0.5) is 8.78 Å². The number of halogens is 2. The van der Waals surface area contributed by atoms with E-state index in [1.807, 2.05) is 0 Å². The lowest BCUT2D eigenvalue weighted by Gasteiger charge is -1.85. The van der Waals surface area contributed by atoms with Crippen molar-refractivity contribution in [1.82, 2.24) is 0 Å². The lowest BCUT2D eigenvalue weighted by Crippen LogP contribution is -1.94. The second kappa shape index (κ2) is 1.65. The second-order valence-electron chi connectivity index (χ2n) is 2.24.